The topological polar surface area (TPSA) is 63.8 Å². The van der Waals surface area contributed by atoms with Crippen LogP contribution in [0.3, 0.4) is 0 Å². The Labute approximate surface area is 82.8 Å². The summed E-state index contributed by atoms with van der Waals surface area (Å²) in [6, 6.07) is 0. The van der Waals surface area contributed by atoms with Crippen molar-refractivity contribution in [2.24, 2.45) is 5.92 Å². The Kier molecular flexibility index (Phi) is 3.62. The zero-order valence-corrected chi connectivity index (χ0v) is 8.42. The van der Waals surface area contributed by atoms with E-state index in [0.29, 0.717) is 12.5 Å². The van der Waals surface area contributed by atoms with Crippen LogP contribution in [0, 0.1) is 11.7 Å². The van der Waals surface area contributed by atoms with Gasteiger partial charge in [0.25, 0.3) is 0 Å². The third kappa shape index (κ3) is 2.83. The molecule has 1 heterocycles. The van der Waals surface area contributed by atoms with Crippen molar-refractivity contribution in [1.29, 1.82) is 0 Å². The van der Waals surface area contributed by atoms with E-state index in [0.717, 1.165) is 12.6 Å². The van der Waals surface area contributed by atoms with Gasteiger partial charge in [0.1, 0.15) is 0 Å². The van der Waals surface area contributed by atoms with Crippen LogP contribution < -0.4 is 11.1 Å². The molecule has 1 atom stereocenters. The number of nitrogen functional groups attached to an aromatic ring is 1. The molecule has 1 unspecified atom stereocenters. The fraction of sp³-hybridized carbons (Fsp3) is 0.556. The number of rotatable bonds is 4. The Balaban J connectivity index is 2.62. The van der Waals surface area contributed by atoms with Crippen molar-refractivity contribution in [3.63, 3.8) is 0 Å². The molecular formula is C9H15FN4. The van der Waals surface area contributed by atoms with Crippen LogP contribution in [0.1, 0.15) is 20.3 Å². The van der Waals surface area contributed by atoms with Gasteiger partial charge in [-0.15, -0.1) is 0 Å². The maximum absolute atomic E-state index is 13.1. The third-order valence-corrected chi connectivity index (χ3v) is 2.08. The van der Waals surface area contributed by atoms with E-state index in [1.807, 2.05) is 0 Å². The summed E-state index contributed by atoms with van der Waals surface area (Å²) in [7, 11) is 0. The average Bonchev–Trinajstić information content (AvgIpc) is 2.19. The molecule has 3 N–H and O–H groups in total. The summed E-state index contributed by atoms with van der Waals surface area (Å²) in [5.74, 6) is 0.268. The number of nitrogens with zero attached hydrogens (tertiary/aromatic N) is 2. The average molecular weight is 198 g/mol. The number of anilines is 2. The molecule has 0 amide bonds. The fourth-order valence-corrected chi connectivity index (χ4v) is 0.920. The lowest BCUT2D eigenvalue weighted by Crippen LogP contribution is -2.13. The van der Waals surface area contributed by atoms with Gasteiger partial charge in [-0.1, -0.05) is 20.3 Å². The predicted octanol–water partition coefficient (Wildman–Crippen LogP) is 1.66. The number of hydrogen-bond donors (Lipinski definition) is 2. The molecule has 14 heavy (non-hydrogen) atoms. The number of halogens is 1. The lowest BCUT2D eigenvalue weighted by Gasteiger charge is -2.10. The summed E-state index contributed by atoms with van der Waals surface area (Å²) in [5.41, 5.74) is 5.34. The summed E-state index contributed by atoms with van der Waals surface area (Å²) < 4.78 is 13.1. The van der Waals surface area contributed by atoms with Crippen molar-refractivity contribution in [3.8, 4) is 0 Å². The van der Waals surface area contributed by atoms with Crippen molar-refractivity contribution in [2.75, 3.05) is 17.6 Å². The first-order valence-electron chi connectivity index (χ1n) is 4.65. The molecule has 4 nitrogen and oxygen atoms in total. The van der Waals surface area contributed by atoms with Crippen LogP contribution in [-0.2, 0) is 0 Å². The summed E-state index contributed by atoms with van der Waals surface area (Å²) in [6.07, 6.45) is 2.11. The highest BCUT2D eigenvalue weighted by Crippen LogP contribution is 2.11. The second kappa shape index (κ2) is 4.74. The monoisotopic (exact) mass is 198 g/mol. The van der Waals surface area contributed by atoms with Crippen molar-refractivity contribution < 1.29 is 4.39 Å². The number of nitrogens with two attached hydrogens (primary N) is 1. The van der Waals surface area contributed by atoms with E-state index in [1.165, 1.54) is 0 Å². The molecule has 0 bridgehead atoms. The molecule has 0 spiro atoms. The molecule has 0 aromatic carbocycles. The van der Waals surface area contributed by atoms with Crippen molar-refractivity contribution in [1.82, 2.24) is 9.97 Å². The van der Waals surface area contributed by atoms with Crippen LogP contribution in [0.4, 0.5) is 16.2 Å². The molecule has 0 saturated carbocycles. The lowest BCUT2D eigenvalue weighted by atomic mass is 10.1. The Hall–Kier alpha value is -1.39. The largest absolute Gasteiger partial charge is 0.368 e. The Bertz CT molecular complexity index is 303. The van der Waals surface area contributed by atoms with E-state index in [2.05, 4.69) is 29.1 Å². The van der Waals surface area contributed by atoms with Gasteiger partial charge in [-0.25, -0.2) is 9.37 Å². The lowest BCUT2D eigenvalue weighted by molar-refractivity contribution is 0.581. The van der Waals surface area contributed by atoms with Gasteiger partial charge in [-0.2, -0.15) is 4.98 Å². The van der Waals surface area contributed by atoms with Crippen molar-refractivity contribution in [3.05, 3.63) is 12.0 Å². The van der Waals surface area contributed by atoms with Gasteiger partial charge in [0, 0.05) is 6.54 Å². The fourth-order valence-electron chi connectivity index (χ4n) is 0.920. The van der Waals surface area contributed by atoms with Crippen LogP contribution in [0.2, 0.25) is 0 Å². The quantitative estimate of drug-likeness (QED) is 0.772. The van der Waals surface area contributed by atoms with E-state index >= 15 is 0 Å². The molecule has 1 aromatic heterocycles. The summed E-state index contributed by atoms with van der Waals surface area (Å²) >= 11 is 0. The summed E-state index contributed by atoms with van der Waals surface area (Å²) in [5, 5.41) is 2.90. The maximum Gasteiger partial charge on any atom is 0.222 e. The van der Waals surface area contributed by atoms with E-state index < -0.39 is 5.82 Å². The molecule has 1 aromatic rings. The van der Waals surface area contributed by atoms with Crippen LogP contribution in [0.5, 0.6) is 0 Å². The van der Waals surface area contributed by atoms with Crippen LogP contribution in [-0.4, -0.2) is 16.5 Å². The Morgan fingerprint density at radius 1 is 1.64 bits per heavy atom. The zero-order chi connectivity index (χ0) is 10.6. The first kappa shape index (κ1) is 10.7. The van der Waals surface area contributed by atoms with Gasteiger partial charge < -0.3 is 11.1 Å². The van der Waals surface area contributed by atoms with Gasteiger partial charge >= 0.3 is 0 Å². The van der Waals surface area contributed by atoms with E-state index in [4.69, 9.17) is 5.73 Å². The minimum absolute atomic E-state index is 0.0815. The second-order valence-electron chi connectivity index (χ2n) is 3.32. The molecule has 0 radical (unpaired) electrons. The van der Waals surface area contributed by atoms with Gasteiger partial charge in [-0.3, -0.25) is 0 Å². The highest BCUT2D eigenvalue weighted by atomic mass is 19.1. The molecule has 0 aliphatic rings. The minimum atomic E-state index is -0.470. The third-order valence-electron chi connectivity index (χ3n) is 2.08. The molecule has 5 heteroatoms. The molecule has 0 saturated heterocycles. The first-order valence-corrected chi connectivity index (χ1v) is 4.65. The number of aromatic nitrogens is 2. The van der Waals surface area contributed by atoms with Crippen molar-refractivity contribution >= 4 is 11.8 Å². The molecule has 0 aliphatic carbocycles. The van der Waals surface area contributed by atoms with E-state index in [1.54, 1.807) is 0 Å². The smallest absolute Gasteiger partial charge is 0.222 e. The summed E-state index contributed by atoms with van der Waals surface area (Å²) in [4.78, 5) is 7.30. The van der Waals surface area contributed by atoms with Gasteiger partial charge in [-0.05, 0) is 5.92 Å². The normalized spacial score (nSPS) is 12.5. The highest BCUT2D eigenvalue weighted by molar-refractivity contribution is 5.38. The van der Waals surface area contributed by atoms with E-state index in [-0.39, 0.29) is 11.8 Å². The van der Waals surface area contributed by atoms with Gasteiger partial charge in [0.05, 0.1) is 6.20 Å². The summed E-state index contributed by atoms with van der Waals surface area (Å²) in [6.45, 7) is 4.84. The van der Waals surface area contributed by atoms with Crippen LogP contribution in [0.15, 0.2) is 6.20 Å². The maximum atomic E-state index is 13.1. The minimum Gasteiger partial charge on any atom is -0.368 e. The van der Waals surface area contributed by atoms with Crippen LogP contribution in [0.25, 0.3) is 0 Å². The van der Waals surface area contributed by atoms with E-state index in [9.17, 15) is 4.39 Å². The Morgan fingerprint density at radius 2 is 2.36 bits per heavy atom. The SMILES string of the molecule is CCC(C)CNc1nc(N)ncc1F. The Morgan fingerprint density at radius 3 is 3.00 bits per heavy atom. The molecule has 78 valence electrons. The van der Waals surface area contributed by atoms with Crippen molar-refractivity contribution in [2.45, 2.75) is 20.3 Å². The molecule has 0 fully saturated rings. The predicted molar refractivity (Wildman–Crippen MR) is 54.3 cm³/mol. The molecule has 1 rings (SSSR count). The van der Waals surface area contributed by atoms with Crippen LogP contribution >= 0.6 is 0 Å². The second-order valence-corrected chi connectivity index (χ2v) is 3.32. The standard InChI is InChI=1S/C9H15FN4/c1-3-6(2)4-12-8-7(10)5-13-9(11)14-8/h5-6H,3-4H2,1-2H3,(H3,11,12,13,14). The zero-order valence-electron chi connectivity index (χ0n) is 8.42. The number of hydrogen-bond acceptors (Lipinski definition) is 4. The molecular weight excluding hydrogens is 183 g/mol. The van der Waals surface area contributed by atoms with Gasteiger partial charge in [0.15, 0.2) is 11.6 Å². The number of nitrogens with one attached hydrogen (secondary N) is 1. The highest BCUT2D eigenvalue weighted by Gasteiger charge is 2.06. The van der Waals surface area contributed by atoms with Gasteiger partial charge in [0.2, 0.25) is 5.95 Å². The molecule has 0 aliphatic heterocycles. The first-order chi connectivity index (χ1) is 6.63.